The Bertz CT molecular complexity index is 884. The predicted octanol–water partition coefficient (Wildman–Crippen LogP) is 3.34. The number of amides is 3. The molecule has 1 aromatic carbocycles. The van der Waals surface area contributed by atoms with Crippen LogP contribution in [0.25, 0.3) is 0 Å². The van der Waals surface area contributed by atoms with E-state index in [1.807, 2.05) is 11.8 Å². The number of hydrogen-bond donors (Lipinski definition) is 0. The maximum absolute atomic E-state index is 12.9. The largest absolute Gasteiger partial charge is 0.467 e. The van der Waals surface area contributed by atoms with E-state index in [2.05, 4.69) is 0 Å². The minimum atomic E-state index is -0.384. The van der Waals surface area contributed by atoms with Gasteiger partial charge in [0, 0.05) is 18.7 Å². The van der Waals surface area contributed by atoms with Gasteiger partial charge in [-0.05, 0) is 55.5 Å². The standard InChI is InChI=1S/C21H22N2O4/c1-2-9-22(12-14-5-6-14)19(24)15-7-8-17-18(11-15)21(26)23(20(17)25)13-16-4-3-10-27-16/h3-4,7-8,10-11,14H,2,5-6,9,12-13H2,1H3. The lowest BCUT2D eigenvalue weighted by molar-refractivity contribution is 0.0631. The number of rotatable bonds is 7. The third-order valence-electron chi connectivity index (χ3n) is 5.07. The first-order chi connectivity index (χ1) is 13.1. The minimum Gasteiger partial charge on any atom is -0.467 e. The topological polar surface area (TPSA) is 70.8 Å². The fourth-order valence-electron chi connectivity index (χ4n) is 3.47. The highest BCUT2D eigenvalue weighted by molar-refractivity contribution is 6.22. The second kappa shape index (κ2) is 7.02. The Balaban J connectivity index is 1.57. The monoisotopic (exact) mass is 366 g/mol. The van der Waals surface area contributed by atoms with Gasteiger partial charge in [0.05, 0.1) is 23.9 Å². The second-order valence-corrected chi connectivity index (χ2v) is 7.23. The average molecular weight is 366 g/mol. The number of nitrogens with zero attached hydrogens (tertiary/aromatic N) is 2. The Hall–Kier alpha value is -2.89. The van der Waals surface area contributed by atoms with Crippen LogP contribution in [0.4, 0.5) is 0 Å². The van der Waals surface area contributed by atoms with E-state index < -0.39 is 0 Å². The quantitative estimate of drug-likeness (QED) is 0.705. The van der Waals surface area contributed by atoms with Gasteiger partial charge in [-0.15, -0.1) is 0 Å². The summed E-state index contributed by atoms with van der Waals surface area (Å²) >= 11 is 0. The summed E-state index contributed by atoms with van der Waals surface area (Å²) in [6.07, 6.45) is 4.74. The highest BCUT2D eigenvalue weighted by Gasteiger charge is 2.37. The lowest BCUT2D eigenvalue weighted by Gasteiger charge is -2.22. The number of carbonyl (C=O) groups excluding carboxylic acids is 3. The van der Waals surface area contributed by atoms with Crippen molar-refractivity contribution < 1.29 is 18.8 Å². The molecule has 1 fully saturated rings. The summed E-state index contributed by atoms with van der Waals surface area (Å²) in [5.74, 6) is 0.330. The van der Waals surface area contributed by atoms with E-state index in [4.69, 9.17) is 4.42 Å². The third kappa shape index (κ3) is 3.39. The molecule has 0 radical (unpaired) electrons. The summed E-state index contributed by atoms with van der Waals surface area (Å²) in [7, 11) is 0. The zero-order valence-electron chi connectivity index (χ0n) is 15.3. The fourth-order valence-corrected chi connectivity index (χ4v) is 3.47. The number of carbonyl (C=O) groups is 3. The van der Waals surface area contributed by atoms with Crippen molar-refractivity contribution in [3.05, 3.63) is 59.0 Å². The Morgan fingerprint density at radius 3 is 2.63 bits per heavy atom. The van der Waals surface area contributed by atoms with Gasteiger partial charge in [-0.1, -0.05) is 6.92 Å². The van der Waals surface area contributed by atoms with Crippen LogP contribution in [0.5, 0.6) is 0 Å². The summed E-state index contributed by atoms with van der Waals surface area (Å²) < 4.78 is 5.25. The molecule has 2 heterocycles. The van der Waals surface area contributed by atoms with Crippen molar-refractivity contribution >= 4 is 17.7 Å². The smallest absolute Gasteiger partial charge is 0.261 e. The van der Waals surface area contributed by atoms with Crippen LogP contribution in [0.2, 0.25) is 0 Å². The molecule has 0 N–H and O–H groups in total. The predicted molar refractivity (Wildman–Crippen MR) is 98.3 cm³/mol. The molecular weight excluding hydrogens is 344 g/mol. The zero-order chi connectivity index (χ0) is 19.0. The van der Waals surface area contributed by atoms with Crippen molar-refractivity contribution in [3.63, 3.8) is 0 Å². The summed E-state index contributed by atoms with van der Waals surface area (Å²) in [5, 5.41) is 0. The lowest BCUT2D eigenvalue weighted by Crippen LogP contribution is -2.33. The fraction of sp³-hybridized carbons (Fsp3) is 0.381. The van der Waals surface area contributed by atoms with Gasteiger partial charge in [0.25, 0.3) is 17.7 Å². The third-order valence-corrected chi connectivity index (χ3v) is 5.07. The second-order valence-electron chi connectivity index (χ2n) is 7.23. The van der Waals surface area contributed by atoms with E-state index in [9.17, 15) is 14.4 Å². The molecule has 6 nitrogen and oxygen atoms in total. The van der Waals surface area contributed by atoms with Gasteiger partial charge in [-0.25, -0.2) is 0 Å². The number of furan rings is 1. The van der Waals surface area contributed by atoms with Crippen molar-refractivity contribution in [3.8, 4) is 0 Å². The van der Waals surface area contributed by atoms with E-state index in [0.717, 1.165) is 17.9 Å². The molecule has 0 spiro atoms. The van der Waals surface area contributed by atoms with E-state index in [0.29, 0.717) is 34.9 Å². The Labute approximate surface area is 157 Å². The number of fused-ring (bicyclic) bond motifs is 1. The normalized spacial score (nSPS) is 16.0. The van der Waals surface area contributed by atoms with Gasteiger partial charge < -0.3 is 9.32 Å². The van der Waals surface area contributed by atoms with Crippen LogP contribution < -0.4 is 0 Å². The molecule has 0 bridgehead atoms. The van der Waals surface area contributed by atoms with Crippen molar-refractivity contribution in [1.29, 1.82) is 0 Å². The van der Waals surface area contributed by atoms with Crippen LogP contribution in [0.15, 0.2) is 41.0 Å². The Morgan fingerprint density at radius 1 is 1.19 bits per heavy atom. The lowest BCUT2D eigenvalue weighted by atomic mass is 10.0. The zero-order valence-corrected chi connectivity index (χ0v) is 15.3. The van der Waals surface area contributed by atoms with Gasteiger partial charge in [-0.2, -0.15) is 0 Å². The summed E-state index contributed by atoms with van der Waals surface area (Å²) in [6.45, 7) is 3.60. The van der Waals surface area contributed by atoms with Crippen LogP contribution in [-0.2, 0) is 6.54 Å². The molecule has 6 heteroatoms. The van der Waals surface area contributed by atoms with E-state index in [-0.39, 0.29) is 24.3 Å². The molecule has 0 unspecified atom stereocenters. The average Bonchev–Trinajstić information content (AvgIpc) is 3.28. The Kier molecular flexibility index (Phi) is 4.56. The summed E-state index contributed by atoms with van der Waals surface area (Å²) in [4.78, 5) is 41.2. The van der Waals surface area contributed by atoms with Crippen molar-refractivity contribution in [2.75, 3.05) is 13.1 Å². The molecule has 4 rings (SSSR count). The minimum absolute atomic E-state index is 0.0729. The molecule has 0 saturated heterocycles. The van der Waals surface area contributed by atoms with Crippen molar-refractivity contribution in [2.24, 2.45) is 5.92 Å². The Morgan fingerprint density at radius 2 is 1.96 bits per heavy atom. The molecule has 1 aliphatic carbocycles. The van der Waals surface area contributed by atoms with Gasteiger partial charge in [0.15, 0.2) is 0 Å². The summed E-state index contributed by atoms with van der Waals surface area (Å²) in [5.41, 5.74) is 1.09. The van der Waals surface area contributed by atoms with E-state index >= 15 is 0 Å². The SMILES string of the molecule is CCCN(CC1CC1)C(=O)c1ccc2c(c1)C(=O)N(Cc1ccco1)C2=O. The van der Waals surface area contributed by atoms with Crippen LogP contribution in [0, 0.1) is 5.92 Å². The van der Waals surface area contributed by atoms with Gasteiger partial charge in [-0.3, -0.25) is 19.3 Å². The van der Waals surface area contributed by atoms with Gasteiger partial charge >= 0.3 is 0 Å². The molecule has 1 aliphatic heterocycles. The van der Waals surface area contributed by atoms with Crippen LogP contribution >= 0.6 is 0 Å². The first-order valence-electron chi connectivity index (χ1n) is 9.40. The molecular formula is C21H22N2O4. The van der Waals surface area contributed by atoms with Crippen LogP contribution in [0.3, 0.4) is 0 Å². The maximum atomic E-state index is 12.9. The highest BCUT2D eigenvalue weighted by atomic mass is 16.3. The first kappa shape index (κ1) is 17.5. The van der Waals surface area contributed by atoms with Gasteiger partial charge in [0.1, 0.15) is 5.76 Å². The number of benzene rings is 1. The maximum Gasteiger partial charge on any atom is 0.261 e. The van der Waals surface area contributed by atoms with Crippen molar-refractivity contribution in [2.45, 2.75) is 32.7 Å². The van der Waals surface area contributed by atoms with E-state index in [1.165, 1.54) is 19.1 Å². The van der Waals surface area contributed by atoms with E-state index in [1.54, 1.807) is 30.3 Å². The molecule has 1 aromatic heterocycles. The summed E-state index contributed by atoms with van der Waals surface area (Å²) in [6, 6.07) is 8.24. The number of imide groups is 1. The molecule has 140 valence electrons. The van der Waals surface area contributed by atoms with Gasteiger partial charge in [0.2, 0.25) is 0 Å². The van der Waals surface area contributed by atoms with Crippen LogP contribution in [0.1, 0.15) is 63.0 Å². The van der Waals surface area contributed by atoms with Crippen molar-refractivity contribution in [1.82, 2.24) is 9.80 Å². The molecule has 2 aliphatic rings. The van der Waals surface area contributed by atoms with Crippen LogP contribution in [-0.4, -0.2) is 40.6 Å². The molecule has 2 aromatic rings. The molecule has 27 heavy (non-hydrogen) atoms. The first-order valence-corrected chi connectivity index (χ1v) is 9.40. The molecule has 0 atom stereocenters. The molecule has 3 amide bonds. The highest BCUT2D eigenvalue weighted by Crippen LogP contribution is 2.31. The molecule has 1 saturated carbocycles. The number of hydrogen-bond acceptors (Lipinski definition) is 4.